The van der Waals surface area contributed by atoms with Crippen molar-refractivity contribution in [1.29, 1.82) is 5.26 Å². The van der Waals surface area contributed by atoms with Gasteiger partial charge in [-0.25, -0.2) is 9.18 Å². The van der Waals surface area contributed by atoms with Crippen LogP contribution in [0, 0.1) is 17.1 Å². The number of methoxy groups -OCH3 is 1. The number of rotatable bonds is 3. The second-order valence-electron chi connectivity index (χ2n) is 3.45. The van der Waals surface area contributed by atoms with Crippen molar-refractivity contribution in [3.63, 3.8) is 0 Å². The Hall–Kier alpha value is -2.17. The molecule has 0 bridgehead atoms. The predicted octanol–water partition coefficient (Wildman–Crippen LogP) is 3.39. The quantitative estimate of drug-likeness (QED) is 0.812. The first kappa shape index (κ1) is 14.2. The summed E-state index contributed by atoms with van der Waals surface area (Å²) >= 11 is 6.59. The number of hydrogen-bond acceptors (Lipinski definition) is 6. The summed E-state index contributed by atoms with van der Waals surface area (Å²) in [5.41, 5.74) is 0.169. The number of ether oxygens (including phenoxy) is 2. The largest absolute Gasteiger partial charge is 0.465 e. The molecule has 0 aliphatic carbocycles. The summed E-state index contributed by atoms with van der Waals surface area (Å²) in [4.78, 5) is 15.2. The monoisotopic (exact) mass is 312 g/mol. The highest BCUT2D eigenvalue weighted by Gasteiger charge is 2.19. The minimum Gasteiger partial charge on any atom is -0.465 e. The van der Waals surface area contributed by atoms with E-state index in [1.807, 2.05) is 0 Å². The second-order valence-corrected chi connectivity index (χ2v) is 4.77. The standard InChI is InChI=1S/C12H6ClFN2O3S/c1-18-11(17)9-10(13)16-12(20-9)19-8-3-2-6(5-15)4-7(8)14/h2-4H,1H3. The summed E-state index contributed by atoms with van der Waals surface area (Å²) in [6.45, 7) is 0. The van der Waals surface area contributed by atoms with Crippen LogP contribution < -0.4 is 4.74 Å². The van der Waals surface area contributed by atoms with Crippen LogP contribution in [0.2, 0.25) is 5.15 Å². The minimum absolute atomic E-state index is 0.000919. The molecule has 2 rings (SSSR count). The van der Waals surface area contributed by atoms with Crippen molar-refractivity contribution in [1.82, 2.24) is 4.98 Å². The molecule has 0 spiro atoms. The lowest BCUT2D eigenvalue weighted by molar-refractivity contribution is 0.0606. The molecular weight excluding hydrogens is 307 g/mol. The van der Waals surface area contributed by atoms with Crippen LogP contribution in [0.1, 0.15) is 15.2 Å². The van der Waals surface area contributed by atoms with E-state index < -0.39 is 11.8 Å². The summed E-state index contributed by atoms with van der Waals surface area (Å²) in [5.74, 6) is -1.48. The molecule has 0 saturated carbocycles. The van der Waals surface area contributed by atoms with Crippen molar-refractivity contribution < 1.29 is 18.7 Å². The van der Waals surface area contributed by atoms with Crippen LogP contribution in [0.3, 0.4) is 0 Å². The lowest BCUT2D eigenvalue weighted by atomic mass is 10.2. The van der Waals surface area contributed by atoms with Crippen LogP contribution in [0.4, 0.5) is 4.39 Å². The number of nitriles is 1. The van der Waals surface area contributed by atoms with Gasteiger partial charge in [-0.05, 0) is 18.2 Å². The number of hydrogen-bond donors (Lipinski definition) is 0. The normalized spacial score (nSPS) is 9.90. The molecule has 8 heteroatoms. The number of esters is 1. The van der Waals surface area contributed by atoms with Crippen LogP contribution in [-0.4, -0.2) is 18.1 Å². The summed E-state index contributed by atoms with van der Waals surface area (Å²) in [6, 6.07) is 5.53. The zero-order chi connectivity index (χ0) is 14.7. The number of carbonyl (C=O) groups is 1. The van der Waals surface area contributed by atoms with E-state index in [4.69, 9.17) is 21.6 Å². The third-order valence-corrected chi connectivity index (χ3v) is 3.49. The van der Waals surface area contributed by atoms with Gasteiger partial charge in [0.15, 0.2) is 21.6 Å². The molecule has 0 fully saturated rings. The molecule has 1 aromatic carbocycles. The molecular formula is C12H6ClFN2O3S. The Kier molecular flexibility index (Phi) is 4.17. The van der Waals surface area contributed by atoms with Gasteiger partial charge in [0.1, 0.15) is 0 Å². The van der Waals surface area contributed by atoms with Crippen LogP contribution >= 0.6 is 22.9 Å². The molecule has 1 heterocycles. The number of thiazole rings is 1. The molecule has 0 aliphatic rings. The Balaban J connectivity index is 2.27. The van der Waals surface area contributed by atoms with E-state index in [-0.39, 0.29) is 26.5 Å². The maximum atomic E-state index is 13.6. The molecule has 2 aromatic rings. The van der Waals surface area contributed by atoms with Gasteiger partial charge in [-0.1, -0.05) is 22.9 Å². The molecule has 102 valence electrons. The molecule has 0 amide bonds. The van der Waals surface area contributed by atoms with Gasteiger partial charge in [0, 0.05) is 0 Å². The maximum absolute atomic E-state index is 13.6. The number of aromatic nitrogens is 1. The predicted molar refractivity (Wildman–Crippen MR) is 69.7 cm³/mol. The van der Waals surface area contributed by atoms with Gasteiger partial charge in [0.25, 0.3) is 5.19 Å². The van der Waals surface area contributed by atoms with Crippen molar-refractivity contribution in [2.24, 2.45) is 0 Å². The van der Waals surface area contributed by atoms with E-state index in [1.54, 1.807) is 6.07 Å². The van der Waals surface area contributed by atoms with Gasteiger partial charge in [-0.3, -0.25) is 0 Å². The van der Waals surface area contributed by atoms with Crippen molar-refractivity contribution in [3.05, 3.63) is 39.6 Å². The first-order valence-corrected chi connectivity index (χ1v) is 6.36. The Morgan fingerprint density at radius 3 is 2.90 bits per heavy atom. The number of benzene rings is 1. The average Bonchev–Trinajstić information content (AvgIpc) is 2.81. The lowest BCUT2D eigenvalue weighted by Gasteiger charge is -2.02. The summed E-state index contributed by atoms with van der Waals surface area (Å²) in [6.07, 6.45) is 0. The van der Waals surface area contributed by atoms with Gasteiger partial charge in [0.05, 0.1) is 18.7 Å². The second kappa shape index (κ2) is 5.86. The molecule has 0 atom stereocenters. The molecule has 1 aromatic heterocycles. The Morgan fingerprint density at radius 2 is 2.30 bits per heavy atom. The van der Waals surface area contributed by atoms with Gasteiger partial charge < -0.3 is 9.47 Å². The number of halogens is 2. The van der Waals surface area contributed by atoms with E-state index in [9.17, 15) is 9.18 Å². The fourth-order valence-electron chi connectivity index (χ4n) is 1.29. The summed E-state index contributed by atoms with van der Waals surface area (Å²) < 4.78 is 23.3. The van der Waals surface area contributed by atoms with Crippen LogP contribution in [0.15, 0.2) is 18.2 Å². The van der Waals surface area contributed by atoms with Crippen LogP contribution in [0.25, 0.3) is 0 Å². The van der Waals surface area contributed by atoms with Crippen molar-refractivity contribution >= 4 is 28.9 Å². The van der Waals surface area contributed by atoms with Crippen LogP contribution in [-0.2, 0) is 4.74 Å². The minimum atomic E-state index is -0.713. The highest BCUT2D eigenvalue weighted by atomic mass is 35.5. The third kappa shape index (κ3) is 2.87. The van der Waals surface area contributed by atoms with Crippen molar-refractivity contribution in [2.45, 2.75) is 0 Å². The summed E-state index contributed by atoms with van der Waals surface area (Å²) in [7, 11) is 1.21. The number of nitrogens with zero attached hydrogens (tertiary/aromatic N) is 2. The van der Waals surface area contributed by atoms with Gasteiger partial charge in [-0.15, -0.1) is 0 Å². The Morgan fingerprint density at radius 1 is 1.55 bits per heavy atom. The van der Waals surface area contributed by atoms with Gasteiger partial charge >= 0.3 is 5.97 Å². The highest BCUT2D eigenvalue weighted by molar-refractivity contribution is 7.15. The fourth-order valence-corrected chi connectivity index (χ4v) is 2.35. The SMILES string of the molecule is COC(=O)c1sc(Oc2ccc(C#N)cc2F)nc1Cl. The van der Waals surface area contributed by atoms with Crippen LogP contribution in [0.5, 0.6) is 10.9 Å². The zero-order valence-corrected chi connectivity index (χ0v) is 11.6. The smallest absolute Gasteiger partial charge is 0.351 e. The molecule has 0 radical (unpaired) electrons. The van der Waals surface area contributed by atoms with E-state index in [1.165, 1.54) is 19.2 Å². The molecule has 20 heavy (non-hydrogen) atoms. The van der Waals surface area contributed by atoms with E-state index in [0.29, 0.717) is 0 Å². The number of carbonyl (C=O) groups excluding carboxylic acids is 1. The molecule has 0 aliphatic heterocycles. The fraction of sp³-hybridized carbons (Fsp3) is 0.0833. The summed E-state index contributed by atoms with van der Waals surface area (Å²) in [5, 5.41) is 8.56. The molecule has 0 N–H and O–H groups in total. The Labute approximate surface area is 122 Å². The topological polar surface area (TPSA) is 72.2 Å². The first-order chi connectivity index (χ1) is 9.55. The maximum Gasteiger partial charge on any atom is 0.351 e. The molecule has 0 unspecified atom stereocenters. The Bertz CT molecular complexity index is 711. The zero-order valence-electron chi connectivity index (χ0n) is 10.0. The molecule has 5 nitrogen and oxygen atoms in total. The third-order valence-electron chi connectivity index (χ3n) is 2.20. The molecule has 0 saturated heterocycles. The van der Waals surface area contributed by atoms with E-state index in [2.05, 4.69) is 9.72 Å². The van der Waals surface area contributed by atoms with Crippen molar-refractivity contribution in [2.75, 3.05) is 7.11 Å². The van der Waals surface area contributed by atoms with E-state index in [0.717, 1.165) is 17.4 Å². The lowest BCUT2D eigenvalue weighted by Crippen LogP contribution is -1.98. The van der Waals surface area contributed by atoms with Gasteiger partial charge in [-0.2, -0.15) is 10.2 Å². The average molecular weight is 313 g/mol. The highest BCUT2D eigenvalue weighted by Crippen LogP contribution is 2.33. The first-order valence-electron chi connectivity index (χ1n) is 5.17. The van der Waals surface area contributed by atoms with Crippen molar-refractivity contribution in [3.8, 4) is 17.0 Å². The van der Waals surface area contributed by atoms with E-state index >= 15 is 0 Å². The van der Waals surface area contributed by atoms with Gasteiger partial charge in [0.2, 0.25) is 0 Å².